The van der Waals surface area contributed by atoms with Gasteiger partial charge in [-0.3, -0.25) is 14.9 Å². The van der Waals surface area contributed by atoms with Gasteiger partial charge in [-0.05, 0) is 53.6 Å². The van der Waals surface area contributed by atoms with Crippen LogP contribution in [0.2, 0.25) is 10.0 Å². The van der Waals surface area contributed by atoms with E-state index in [-0.39, 0.29) is 50.9 Å². The molecule has 0 heterocycles. The lowest BCUT2D eigenvalue weighted by Gasteiger charge is -2.13. The molecule has 0 saturated carbocycles. The van der Waals surface area contributed by atoms with E-state index in [1.54, 1.807) is 18.2 Å². The maximum Gasteiger partial charge on any atom is 0.289 e. The van der Waals surface area contributed by atoms with Gasteiger partial charge in [-0.1, -0.05) is 35.3 Å². The van der Waals surface area contributed by atoms with E-state index in [0.717, 1.165) is 6.07 Å². The highest BCUT2D eigenvalue weighted by molar-refractivity contribution is 6.33. The van der Waals surface area contributed by atoms with Crippen LogP contribution in [0.5, 0.6) is 11.5 Å². The number of ether oxygens (including phenoxy) is 2. The van der Waals surface area contributed by atoms with Crippen LogP contribution in [-0.2, 0) is 11.4 Å². The smallest absolute Gasteiger partial charge is 0.289 e. The molecule has 1 N–H and O–H groups in total. The van der Waals surface area contributed by atoms with Gasteiger partial charge in [-0.25, -0.2) is 4.39 Å². The molecular weight excluding hydrogens is 500 g/mol. The lowest BCUT2D eigenvalue weighted by Crippen LogP contribution is -2.13. The molecule has 3 aromatic rings. The van der Waals surface area contributed by atoms with Crippen molar-refractivity contribution in [3.05, 3.63) is 97.3 Å². The van der Waals surface area contributed by atoms with Gasteiger partial charge in [0.25, 0.3) is 11.6 Å². The summed E-state index contributed by atoms with van der Waals surface area (Å²) in [6.45, 7) is 0.102. The third-order valence-electron chi connectivity index (χ3n) is 4.62. The van der Waals surface area contributed by atoms with Crippen molar-refractivity contribution in [3.8, 4) is 17.6 Å². The van der Waals surface area contributed by atoms with Crippen LogP contribution in [0, 0.1) is 27.3 Å². The Bertz CT molecular complexity index is 1350. The Kier molecular flexibility index (Phi) is 8.25. The van der Waals surface area contributed by atoms with Crippen LogP contribution in [-0.4, -0.2) is 17.9 Å². The summed E-state index contributed by atoms with van der Waals surface area (Å²) in [5.74, 6) is -0.688. The van der Waals surface area contributed by atoms with Gasteiger partial charge in [0.1, 0.15) is 29.1 Å². The van der Waals surface area contributed by atoms with Crippen molar-refractivity contribution in [2.45, 2.75) is 6.61 Å². The van der Waals surface area contributed by atoms with E-state index >= 15 is 0 Å². The van der Waals surface area contributed by atoms with Crippen LogP contribution in [0.1, 0.15) is 11.1 Å². The second kappa shape index (κ2) is 11.3. The molecule has 8 nitrogen and oxygen atoms in total. The maximum atomic E-state index is 13.1. The predicted molar refractivity (Wildman–Crippen MR) is 129 cm³/mol. The molecule has 1 amide bonds. The van der Waals surface area contributed by atoms with Crippen molar-refractivity contribution in [2.24, 2.45) is 0 Å². The number of anilines is 1. The lowest BCUT2D eigenvalue weighted by molar-refractivity contribution is -0.384. The van der Waals surface area contributed by atoms with Crippen LogP contribution in [0.3, 0.4) is 0 Å². The molecule has 0 aliphatic heterocycles. The number of nitriles is 1. The standard InChI is InChI=1S/C24H16Cl2FN3O5/c1-34-22-10-15(9-20(26)23(22)35-13-14-2-4-17(27)5-3-14)8-16(12-28)24(31)29-18-6-7-19(25)21(11-18)30(32)33/h2-11H,13H2,1H3,(H,29,31)/b16-8+. The molecule has 0 atom stereocenters. The summed E-state index contributed by atoms with van der Waals surface area (Å²) in [7, 11) is 1.40. The Labute approximate surface area is 209 Å². The molecule has 0 radical (unpaired) electrons. The molecule has 0 spiro atoms. The van der Waals surface area contributed by atoms with E-state index < -0.39 is 10.8 Å². The average Bonchev–Trinajstić information content (AvgIpc) is 2.83. The second-order valence-electron chi connectivity index (χ2n) is 7.00. The van der Waals surface area contributed by atoms with Crippen molar-refractivity contribution in [1.29, 1.82) is 5.26 Å². The Balaban J connectivity index is 1.82. The Hall–Kier alpha value is -4.13. The number of carbonyl (C=O) groups is 1. The maximum absolute atomic E-state index is 13.1. The topological polar surface area (TPSA) is 114 Å². The Morgan fingerprint density at radius 2 is 1.89 bits per heavy atom. The molecule has 11 heteroatoms. The van der Waals surface area contributed by atoms with Crippen LogP contribution in [0.15, 0.2) is 60.2 Å². The van der Waals surface area contributed by atoms with Crippen LogP contribution < -0.4 is 14.8 Å². The van der Waals surface area contributed by atoms with Gasteiger partial charge < -0.3 is 14.8 Å². The summed E-state index contributed by atoms with van der Waals surface area (Å²) in [5.41, 5.74) is 0.488. The number of nitrogens with zero attached hydrogens (tertiary/aromatic N) is 2. The van der Waals surface area contributed by atoms with E-state index in [0.29, 0.717) is 11.1 Å². The number of amides is 1. The lowest BCUT2D eigenvalue weighted by atomic mass is 10.1. The fourth-order valence-electron chi connectivity index (χ4n) is 2.94. The zero-order valence-electron chi connectivity index (χ0n) is 18.1. The number of methoxy groups -OCH3 is 1. The number of rotatable bonds is 8. The van der Waals surface area contributed by atoms with Crippen molar-refractivity contribution < 1.29 is 23.6 Å². The van der Waals surface area contributed by atoms with Gasteiger partial charge in [0.2, 0.25) is 0 Å². The number of nitro groups is 1. The third-order valence-corrected chi connectivity index (χ3v) is 5.23. The normalized spacial score (nSPS) is 10.9. The minimum absolute atomic E-state index is 0.0902. The molecule has 0 aliphatic rings. The number of nitrogens with one attached hydrogen (secondary N) is 1. The second-order valence-corrected chi connectivity index (χ2v) is 7.81. The molecule has 0 aromatic heterocycles. The first-order chi connectivity index (χ1) is 16.7. The minimum atomic E-state index is -0.796. The molecule has 3 aromatic carbocycles. The minimum Gasteiger partial charge on any atom is -0.493 e. The zero-order valence-corrected chi connectivity index (χ0v) is 19.6. The molecule has 3 rings (SSSR count). The van der Waals surface area contributed by atoms with Gasteiger partial charge in [0.15, 0.2) is 11.5 Å². The first-order valence-corrected chi connectivity index (χ1v) is 10.6. The molecule has 0 fully saturated rings. The molecule has 35 heavy (non-hydrogen) atoms. The quantitative estimate of drug-likeness (QED) is 0.166. The summed E-state index contributed by atoms with van der Waals surface area (Å²) < 4.78 is 24.1. The summed E-state index contributed by atoms with van der Waals surface area (Å²) in [6.07, 6.45) is 1.28. The van der Waals surface area contributed by atoms with E-state index in [9.17, 15) is 24.6 Å². The summed E-state index contributed by atoms with van der Waals surface area (Å²) in [5, 5.41) is 23.0. The number of benzene rings is 3. The number of hydrogen-bond donors (Lipinski definition) is 1. The van der Waals surface area contributed by atoms with Gasteiger partial charge >= 0.3 is 0 Å². The highest BCUT2D eigenvalue weighted by Gasteiger charge is 2.17. The van der Waals surface area contributed by atoms with Crippen molar-refractivity contribution in [2.75, 3.05) is 12.4 Å². The van der Waals surface area contributed by atoms with E-state index in [4.69, 9.17) is 32.7 Å². The molecule has 0 aliphatic carbocycles. The predicted octanol–water partition coefficient (Wildman–Crippen LogP) is 6.17. The summed E-state index contributed by atoms with van der Waals surface area (Å²) >= 11 is 12.1. The summed E-state index contributed by atoms with van der Waals surface area (Å²) in [4.78, 5) is 22.9. The van der Waals surface area contributed by atoms with Crippen LogP contribution in [0.4, 0.5) is 15.8 Å². The van der Waals surface area contributed by atoms with Crippen molar-refractivity contribution in [1.82, 2.24) is 0 Å². The number of nitro benzene ring substituents is 1. The highest BCUT2D eigenvalue weighted by atomic mass is 35.5. The van der Waals surface area contributed by atoms with Crippen molar-refractivity contribution in [3.63, 3.8) is 0 Å². The number of hydrogen-bond acceptors (Lipinski definition) is 6. The fourth-order valence-corrected chi connectivity index (χ4v) is 3.40. The number of carbonyl (C=O) groups excluding carboxylic acids is 1. The Morgan fingerprint density at radius 1 is 1.17 bits per heavy atom. The molecule has 0 saturated heterocycles. The van der Waals surface area contributed by atoms with Crippen LogP contribution in [0.25, 0.3) is 6.08 Å². The SMILES string of the molecule is COc1cc(/C=C(\C#N)C(=O)Nc2ccc(Cl)c([N+](=O)[O-])c2)cc(Cl)c1OCc1ccc(F)cc1. The molecule has 0 unspecified atom stereocenters. The first-order valence-electron chi connectivity index (χ1n) is 9.83. The third kappa shape index (κ3) is 6.47. The zero-order chi connectivity index (χ0) is 25.5. The Morgan fingerprint density at radius 3 is 2.51 bits per heavy atom. The number of halogens is 3. The molecule has 178 valence electrons. The van der Waals surface area contributed by atoms with Gasteiger partial charge in [0.05, 0.1) is 17.1 Å². The molecular formula is C24H16Cl2FN3O5. The summed E-state index contributed by atoms with van der Waals surface area (Å²) in [6, 6.07) is 14.3. The van der Waals surface area contributed by atoms with E-state index in [2.05, 4.69) is 5.32 Å². The monoisotopic (exact) mass is 515 g/mol. The van der Waals surface area contributed by atoms with E-state index in [1.807, 2.05) is 0 Å². The molecule has 0 bridgehead atoms. The van der Waals surface area contributed by atoms with Crippen LogP contribution >= 0.6 is 23.2 Å². The van der Waals surface area contributed by atoms with Gasteiger partial charge in [-0.2, -0.15) is 5.26 Å². The fraction of sp³-hybridized carbons (Fsp3) is 0.0833. The van der Waals surface area contributed by atoms with Crippen molar-refractivity contribution >= 4 is 46.6 Å². The first kappa shape index (κ1) is 25.5. The largest absolute Gasteiger partial charge is 0.493 e. The highest BCUT2D eigenvalue weighted by Crippen LogP contribution is 2.37. The van der Waals surface area contributed by atoms with Gasteiger partial charge in [-0.15, -0.1) is 0 Å². The average molecular weight is 516 g/mol. The van der Waals surface area contributed by atoms with Gasteiger partial charge in [0, 0.05) is 11.8 Å². The van der Waals surface area contributed by atoms with E-state index in [1.165, 1.54) is 49.6 Å².